The lowest BCUT2D eigenvalue weighted by Crippen LogP contribution is -2.41. The summed E-state index contributed by atoms with van der Waals surface area (Å²) < 4.78 is 0. The number of hydrazone groups is 1. The molecule has 70 valence electrons. The summed E-state index contributed by atoms with van der Waals surface area (Å²) in [6, 6.07) is 0. The highest BCUT2D eigenvalue weighted by atomic mass is 32.2. The van der Waals surface area contributed by atoms with Crippen LogP contribution in [0.3, 0.4) is 0 Å². The average molecular weight is 198 g/mol. The fourth-order valence-corrected chi connectivity index (χ4v) is 1.42. The van der Waals surface area contributed by atoms with E-state index in [9.17, 15) is 4.79 Å². The number of nitrogens with one attached hydrogen (secondary N) is 1. The molecule has 6 heteroatoms. The van der Waals surface area contributed by atoms with Gasteiger partial charge in [-0.05, 0) is 13.2 Å². The van der Waals surface area contributed by atoms with E-state index in [-0.39, 0.29) is 11.7 Å². The molecule has 1 aliphatic rings. The zero-order valence-corrected chi connectivity index (χ0v) is 8.26. The molecule has 5 nitrogen and oxygen atoms in total. The first-order valence-corrected chi connectivity index (χ1v) is 4.86. The third-order valence-electron chi connectivity index (χ3n) is 1.72. The summed E-state index contributed by atoms with van der Waals surface area (Å²) in [5.74, 6) is -0.699. The Balaban J connectivity index is 3.08. The van der Waals surface area contributed by atoms with Crippen LogP contribution in [0.5, 0.6) is 0 Å². The number of hydrogen-bond acceptors (Lipinski definition) is 4. The van der Waals surface area contributed by atoms with Crippen molar-refractivity contribution in [2.45, 2.75) is 6.92 Å². The van der Waals surface area contributed by atoms with E-state index in [1.54, 1.807) is 13.2 Å². The van der Waals surface area contributed by atoms with Gasteiger partial charge >= 0.3 is 0 Å². The molecule has 0 bridgehead atoms. The van der Waals surface area contributed by atoms with Gasteiger partial charge in [-0.1, -0.05) is 11.8 Å². The fraction of sp³-hybridized carbons (Fsp3) is 0.429. The minimum atomic E-state index is -0.526. The molecule has 0 aromatic heterocycles. The lowest BCUT2D eigenvalue weighted by molar-refractivity contribution is -0.119. The SMILES string of the molecule is C=NN1C(=N)C(C)C(=O)N=C1SC. The Kier molecular flexibility index (Phi) is 2.82. The van der Waals surface area contributed by atoms with Gasteiger partial charge in [-0.2, -0.15) is 15.1 Å². The summed E-state index contributed by atoms with van der Waals surface area (Å²) in [6.45, 7) is 4.95. The highest BCUT2D eigenvalue weighted by molar-refractivity contribution is 8.13. The normalized spacial score (nSPS) is 23.1. The van der Waals surface area contributed by atoms with Crippen molar-refractivity contribution < 1.29 is 4.79 Å². The summed E-state index contributed by atoms with van der Waals surface area (Å²) in [7, 11) is 0. The van der Waals surface area contributed by atoms with Crippen LogP contribution >= 0.6 is 11.8 Å². The van der Waals surface area contributed by atoms with E-state index in [0.29, 0.717) is 5.17 Å². The molecule has 0 saturated heterocycles. The standard InChI is InChI=1S/C7H10N4OS/c1-4-5(8)11(9-2)7(13-3)10-6(4)12/h4,8H,2H2,1,3H3. The smallest absolute Gasteiger partial charge is 0.258 e. The van der Waals surface area contributed by atoms with E-state index in [1.165, 1.54) is 16.8 Å². The Morgan fingerprint density at radius 1 is 1.77 bits per heavy atom. The van der Waals surface area contributed by atoms with Crippen LogP contribution < -0.4 is 0 Å². The minimum absolute atomic E-state index is 0.124. The Hall–Kier alpha value is -1.17. The third-order valence-corrected chi connectivity index (χ3v) is 2.35. The summed E-state index contributed by atoms with van der Waals surface area (Å²) in [4.78, 5) is 15.0. The Morgan fingerprint density at radius 2 is 2.38 bits per heavy atom. The molecule has 0 fully saturated rings. The van der Waals surface area contributed by atoms with Gasteiger partial charge in [-0.15, -0.1) is 0 Å². The maximum atomic E-state index is 11.2. The van der Waals surface area contributed by atoms with Gasteiger partial charge in [0.05, 0.1) is 5.92 Å². The summed E-state index contributed by atoms with van der Waals surface area (Å²) in [6.07, 6.45) is 1.77. The zero-order valence-electron chi connectivity index (χ0n) is 7.44. The molecule has 0 aliphatic carbocycles. The molecule has 1 atom stereocenters. The van der Waals surface area contributed by atoms with Gasteiger partial charge in [0.1, 0.15) is 5.84 Å². The first kappa shape index (κ1) is 9.91. The number of amides is 1. The van der Waals surface area contributed by atoms with E-state index in [4.69, 9.17) is 5.41 Å². The van der Waals surface area contributed by atoms with Crippen LogP contribution in [-0.2, 0) is 4.79 Å². The van der Waals surface area contributed by atoms with Gasteiger partial charge in [0.2, 0.25) is 0 Å². The van der Waals surface area contributed by atoms with Gasteiger partial charge in [-0.3, -0.25) is 10.2 Å². The summed E-state index contributed by atoms with van der Waals surface area (Å²) in [5.41, 5.74) is 0. The van der Waals surface area contributed by atoms with Crippen molar-refractivity contribution >= 4 is 35.4 Å². The molecule has 0 aromatic carbocycles. The maximum Gasteiger partial charge on any atom is 0.258 e. The van der Waals surface area contributed by atoms with Crippen molar-refractivity contribution in [2.24, 2.45) is 16.0 Å². The van der Waals surface area contributed by atoms with Crippen molar-refractivity contribution in [1.29, 1.82) is 5.41 Å². The number of carbonyl (C=O) groups is 1. The Bertz CT molecular complexity index is 299. The number of nitrogens with zero attached hydrogens (tertiary/aromatic N) is 3. The van der Waals surface area contributed by atoms with Crippen LogP contribution in [0.4, 0.5) is 0 Å². The summed E-state index contributed by atoms with van der Waals surface area (Å²) >= 11 is 1.27. The fourth-order valence-electron chi connectivity index (χ4n) is 0.911. The zero-order chi connectivity index (χ0) is 10.0. The second-order valence-electron chi connectivity index (χ2n) is 2.50. The van der Waals surface area contributed by atoms with Crippen LogP contribution in [0, 0.1) is 11.3 Å². The molecule has 1 rings (SSSR count). The van der Waals surface area contributed by atoms with Crippen LogP contribution in [0.2, 0.25) is 0 Å². The molecular formula is C7H10N4OS. The number of carbonyl (C=O) groups excluding carboxylic acids is 1. The quantitative estimate of drug-likeness (QED) is 0.633. The average Bonchev–Trinajstić information content (AvgIpc) is 2.13. The molecule has 0 spiro atoms. The largest absolute Gasteiger partial charge is 0.286 e. The van der Waals surface area contributed by atoms with Crippen LogP contribution in [0.25, 0.3) is 0 Å². The van der Waals surface area contributed by atoms with Crippen LogP contribution in [0.1, 0.15) is 6.92 Å². The monoisotopic (exact) mass is 198 g/mol. The van der Waals surface area contributed by atoms with Crippen molar-refractivity contribution in [1.82, 2.24) is 5.01 Å². The molecule has 1 aliphatic heterocycles. The van der Waals surface area contributed by atoms with Crippen LogP contribution in [0.15, 0.2) is 10.1 Å². The predicted octanol–water partition coefficient (Wildman–Crippen LogP) is 0.777. The third kappa shape index (κ3) is 1.62. The summed E-state index contributed by atoms with van der Waals surface area (Å²) in [5, 5.41) is 12.9. The topological polar surface area (TPSA) is 68.9 Å². The highest BCUT2D eigenvalue weighted by Gasteiger charge is 2.30. The van der Waals surface area contributed by atoms with Gasteiger partial charge in [0.15, 0.2) is 5.17 Å². The van der Waals surface area contributed by atoms with Gasteiger partial charge in [0.25, 0.3) is 5.91 Å². The van der Waals surface area contributed by atoms with E-state index in [2.05, 4.69) is 16.8 Å². The Morgan fingerprint density at radius 3 is 2.85 bits per heavy atom. The van der Waals surface area contributed by atoms with Crippen molar-refractivity contribution in [3.63, 3.8) is 0 Å². The van der Waals surface area contributed by atoms with Crippen molar-refractivity contribution in [2.75, 3.05) is 6.26 Å². The number of aliphatic imine (C=N–C) groups is 1. The second-order valence-corrected chi connectivity index (χ2v) is 3.27. The van der Waals surface area contributed by atoms with Crippen molar-refractivity contribution in [3.8, 4) is 0 Å². The first-order valence-electron chi connectivity index (χ1n) is 3.63. The van der Waals surface area contributed by atoms with Gasteiger partial charge in [0, 0.05) is 6.72 Å². The predicted molar refractivity (Wildman–Crippen MR) is 54.2 cm³/mol. The van der Waals surface area contributed by atoms with E-state index < -0.39 is 5.92 Å². The second kappa shape index (κ2) is 3.69. The molecule has 1 amide bonds. The molecular weight excluding hydrogens is 188 g/mol. The molecule has 1 unspecified atom stereocenters. The number of rotatable bonds is 1. The van der Waals surface area contributed by atoms with Crippen LogP contribution in [-0.4, -0.2) is 34.9 Å². The molecule has 0 radical (unpaired) electrons. The number of hydrogen-bond donors (Lipinski definition) is 1. The van der Waals surface area contributed by atoms with E-state index >= 15 is 0 Å². The number of amidine groups is 2. The van der Waals surface area contributed by atoms with Gasteiger partial charge < -0.3 is 0 Å². The highest BCUT2D eigenvalue weighted by Crippen LogP contribution is 2.17. The lowest BCUT2D eigenvalue weighted by Gasteiger charge is -2.25. The molecule has 13 heavy (non-hydrogen) atoms. The van der Waals surface area contributed by atoms with E-state index in [0.717, 1.165) is 0 Å². The number of thioether (sulfide) groups is 1. The van der Waals surface area contributed by atoms with E-state index in [1.807, 2.05) is 0 Å². The molecule has 1 heterocycles. The first-order chi connectivity index (χ1) is 6.11. The molecule has 0 aromatic rings. The maximum absolute atomic E-state index is 11.2. The van der Waals surface area contributed by atoms with Gasteiger partial charge in [-0.25, -0.2) is 0 Å². The van der Waals surface area contributed by atoms with Crippen molar-refractivity contribution in [3.05, 3.63) is 0 Å². The minimum Gasteiger partial charge on any atom is -0.286 e. The Labute approximate surface area is 80.4 Å². The molecule has 0 saturated carbocycles. The lowest BCUT2D eigenvalue weighted by atomic mass is 10.1. The molecule has 1 N–H and O–H groups in total.